The lowest BCUT2D eigenvalue weighted by molar-refractivity contribution is 1.16. The third-order valence-corrected chi connectivity index (χ3v) is 11.1. The molecule has 11 rings (SSSR count). The third kappa shape index (κ3) is 5.32. The Bertz CT molecular complexity index is 3170. The van der Waals surface area contributed by atoms with E-state index in [2.05, 4.69) is 221 Å². The molecule has 0 radical (unpaired) electrons. The highest BCUT2D eigenvalue weighted by atomic mass is 15.0. The molecule has 3 nitrogen and oxygen atoms in total. The van der Waals surface area contributed by atoms with Gasteiger partial charge in [-0.3, -0.25) is 0 Å². The zero-order valence-corrected chi connectivity index (χ0v) is 30.5. The number of rotatable bonds is 6. The van der Waals surface area contributed by atoms with E-state index < -0.39 is 0 Å². The molecule has 0 aliphatic rings. The van der Waals surface area contributed by atoms with Gasteiger partial charge in [0.05, 0.1) is 39.1 Å². The van der Waals surface area contributed by atoms with E-state index in [9.17, 15) is 0 Å². The fourth-order valence-electron chi connectivity index (χ4n) is 8.47. The average molecular weight is 714 g/mol. The second kappa shape index (κ2) is 13.1. The highest BCUT2D eigenvalue weighted by molar-refractivity contribution is 6.12. The van der Waals surface area contributed by atoms with E-state index in [1.54, 1.807) is 0 Å². The van der Waals surface area contributed by atoms with E-state index in [0.717, 1.165) is 44.9 Å². The first-order chi connectivity index (χ1) is 27.8. The molecule has 8 aromatic carbocycles. The first-order valence-corrected chi connectivity index (χ1v) is 19.1. The predicted octanol–water partition coefficient (Wildman–Crippen LogP) is 13.9. The molecule has 11 aromatic rings. The Morgan fingerprint density at radius 1 is 0.250 bits per heavy atom. The van der Waals surface area contributed by atoms with Crippen LogP contribution in [0.5, 0.6) is 0 Å². The monoisotopic (exact) mass is 713 g/mol. The van der Waals surface area contributed by atoms with Gasteiger partial charge in [-0.05, 0) is 76.9 Å². The molecule has 0 N–H and O–H groups in total. The largest absolute Gasteiger partial charge is 0.309 e. The van der Waals surface area contributed by atoms with Crippen molar-refractivity contribution >= 4 is 43.6 Å². The van der Waals surface area contributed by atoms with Crippen molar-refractivity contribution < 1.29 is 0 Å². The van der Waals surface area contributed by atoms with Crippen LogP contribution in [0.25, 0.3) is 99.8 Å². The minimum Gasteiger partial charge on any atom is -0.309 e. The van der Waals surface area contributed by atoms with Crippen LogP contribution in [-0.4, -0.2) is 14.1 Å². The number of hydrogen-bond donors (Lipinski definition) is 0. The van der Waals surface area contributed by atoms with Gasteiger partial charge in [0, 0.05) is 38.4 Å². The summed E-state index contributed by atoms with van der Waals surface area (Å²) in [7, 11) is 0. The molecule has 0 saturated heterocycles. The summed E-state index contributed by atoms with van der Waals surface area (Å²) in [6.45, 7) is 0. The van der Waals surface area contributed by atoms with Crippen LogP contribution in [0.3, 0.4) is 0 Å². The van der Waals surface area contributed by atoms with Gasteiger partial charge in [0.25, 0.3) is 0 Å². The van der Waals surface area contributed by atoms with Crippen molar-refractivity contribution in [3.8, 4) is 56.1 Å². The molecule has 262 valence electrons. The maximum Gasteiger partial charge on any atom is 0.0730 e. The Balaban J connectivity index is 1.09. The molecule has 0 atom stereocenters. The van der Waals surface area contributed by atoms with Gasteiger partial charge in [-0.15, -0.1) is 0 Å². The van der Waals surface area contributed by atoms with Crippen molar-refractivity contribution in [2.24, 2.45) is 0 Å². The quantitative estimate of drug-likeness (QED) is 0.168. The number of pyridine rings is 1. The molecule has 0 saturated carbocycles. The van der Waals surface area contributed by atoms with E-state index in [1.807, 2.05) is 0 Å². The van der Waals surface area contributed by atoms with Crippen molar-refractivity contribution in [2.75, 3.05) is 0 Å². The summed E-state index contributed by atoms with van der Waals surface area (Å²) in [5, 5.41) is 4.93. The van der Waals surface area contributed by atoms with Crippen LogP contribution in [0, 0.1) is 0 Å². The molecule has 0 aliphatic heterocycles. The number of para-hydroxylation sites is 2. The SMILES string of the molecule is c1ccc(-c2cccc(-n3c4ccccc4c4ccc(-c5ccc6c(c5)c5ccccc5n6-c5cc(-c6ccccc6)nc(-c6ccccc6)c5)cc43)c2)cc1. The van der Waals surface area contributed by atoms with E-state index >= 15 is 0 Å². The molecule has 0 aliphatic carbocycles. The summed E-state index contributed by atoms with van der Waals surface area (Å²) < 4.78 is 4.82. The minimum atomic E-state index is 0.947. The van der Waals surface area contributed by atoms with Crippen LogP contribution in [0.4, 0.5) is 0 Å². The Morgan fingerprint density at radius 3 is 1.38 bits per heavy atom. The Hall–Kier alpha value is -7.49. The Kier molecular flexibility index (Phi) is 7.49. The van der Waals surface area contributed by atoms with Crippen LogP contribution < -0.4 is 0 Å². The van der Waals surface area contributed by atoms with Gasteiger partial charge in [-0.2, -0.15) is 0 Å². The molecule has 0 fully saturated rings. The molecule has 0 amide bonds. The van der Waals surface area contributed by atoms with Gasteiger partial charge >= 0.3 is 0 Å². The molecule has 3 heterocycles. The zero-order valence-electron chi connectivity index (χ0n) is 30.5. The second-order valence-corrected chi connectivity index (χ2v) is 14.4. The third-order valence-electron chi connectivity index (χ3n) is 11.1. The number of nitrogens with zero attached hydrogens (tertiary/aromatic N) is 3. The van der Waals surface area contributed by atoms with Crippen molar-refractivity contribution in [1.82, 2.24) is 14.1 Å². The van der Waals surface area contributed by atoms with Gasteiger partial charge in [-0.1, -0.05) is 158 Å². The van der Waals surface area contributed by atoms with Gasteiger partial charge in [0.2, 0.25) is 0 Å². The summed E-state index contributed by atoms with van der Waals surface area (Å²) in [6.07, 6.45) is 0. The maximum absolute atomic E-state index is 5.17. The summed E-state index contributed by atoms with van der Waals surface area (Å²) in [5.41, 5.74) is 15.8. The molecule has 0 unspecified atom stereocenters. The molecule has 3 heteroatoms. The molecule has 56 heavy (non-hydrogen) atoms. The lowest BCUT2D eigenvalue weighted by Crippen LogP contribution is -1.98. The van der Waals surface area contributed by atoms with Crippen molar-refractivity contribution in [3.05, 3.63) is 212 Å². The van der Waals surface area contributed by atoms with Gasteiger partial charge in [0.15, 0.2) is 0 Å². The molecular weight excluding hydrogens is 679 g/mol. The first-order valence-electron chi connectivity index (χ1n) is 19.1. The van der Waals surface area contributed by atoms with Gasteiger partial charge in [-0.25, -0.2) is 4.98 Å². The summed E-state index contributed by atoms with van der Waals surface area (Å²) >= 11 is 0. The molecule has 3 aromatic heterocycles. The predicted molar refractivity (Wildman–Crippen MR) is 235 cm³/mol. The number of aromatic nitrogens is 3. The average Bonchev–Trinajstić information content (AvgIpc) is 3.79. The standard InChI is InChI=1S/C53H35N3/c1-4-15-36(16-5-1)39-21-14-22-42(31-39)55-50-25-12-10-23-44(50)46-29-27-41(33-53(46)55)40-28-30-52-47(32-40)45-24-11-13-26-51(45)56(52)43-34-48(37-17-6-2-7-18-37)54-49(35-43)38-19-8-3-9-20-38/h1-35H. The van der Waals surface area contributed by atoms with Crippen LogP contribution in [-0.2, 0) is 0 Å². The van der Waals surface area contributed by atoms with Crippen molar-refractivity contribution in [1.29, 1.82) is 0 Å². The minimum absolute atomic E-state index is 0.947. The maximum atomic E-state index is 5.17. The Morgan fingerprint density at radius 2 is 0.714 bits per heavy atom. The number of hydrogen-bond acceptors (Lipinski definition) is 1. The zero-order chi connectivity index (χ0) is 37.0. The van der Waals surface area contributed by atoms with Crippen LogP contribution in [0.2, 0.25) is 0 Å². The molecule has 0 spiro atoms. The highest BCUT2D eigenvalue weighted by Gasteiger charge is 2.18. The molecule has 0 bridgehead atoms. The van der Waals surface area contributed by atoms with Crippen molar-refractivity contribution in [2.45, 2.75) is 0 Å². The molecular formula is C53H35N3. The van der Waals surface area contributed by atoms with E-state index in [1.165, 1.54) is 54.8 Å². The van der Waals surface area contributed by atoms with E-state index in [0.29, 0.717) is 0 Å². The van der Waals surface area contributed by atoms with Crippen LogP contribution in [0.15, 0.2) is 212 Å². The normalized spacial score (nSPS) is 11.6. The fourth-order valence-corrected chi connectivity index (χ4v) is 8.47. The van der Waals surface area contributed by atoms with Crippen LogP contribution >= 0.6 is 0 Å². The Labute approximate surface area is 325 Å². The first kappa shape index (κ1) is 32.0. The van der Waals surface area contributed by atoms with Gasteiger partial charge in [0.1, 0.15) is 0 Å². The number of fused-ring (bicyclic) bond motifs is 6. The lowest BCUT2D eigenvalue weighted by atomic mass is 10.0. The van der Waals surface area contributed by atoms with Crippen molar-refractivity contribution in [3.63, 3.8) is 0 Å². The smallest absolute Gasteiger partial charge is 0.0730 e. The summed E-state index contributed by atoms with van der Waals surface area (Å²) in [5.74, 6) is 0. The highest BCUT2D eigenvalue weighted by Crippen LogP contribution is 2.39. The lowest BCUT2D eigenvalue weighted by Gasteiger charge is -2.13. The fraction of sp³-hybridized carbons (Fsp3) is 0. The topological polar surface area (TPSA) is 22.8 Å². The van der Waals surface area contributed by atoms with E-state index in [-0.39, 0.29) is 0 Å². The van der Waals surface area contributed by atoms with Crippen LogP contribution in [0.1, 0.15) is 0 Å². The van der Waals surface area contributed by atoms with E-state index in [4.69, 9.17) is 4.98 Å². The summed E-state index contributed by atoms with van der Waals surface area (Å²) in [6, 6.07) is 76.3. The summed E-state index contributed by atoms with van der Waals surface area (Å²) in [4.78, 5) is 5.17. The second-order valence-electron chi connectivity index (χ2n) is 14.4. The van der Waals surface area contributed by atoms with Gasteiger partial charge < -0.3 is 9.13 Å². The number of benzene rings is 8.